The first kappa shape index (κ1) is 20.6. The number of benzene rings is 2. The lowest BCUT2D eigenvalue weighted by atomic mass is 10.1. The molecule has 0 aliphatic rings. The number of nitrogens with zero attached hydrogens (tertiary/aromatic N) is 1. The predicted octanol–water partition coefficient (Wildman–Crippen LogP) is 2.87. The lowest BCUT2D eigenvalue weighted by molar-refractivity contribution is -0.112. The summed E-state index contributed by atoms with van der Waals surface area (Å²) >= 11 is 3.46. The monoisotopic (exact) mass is 449 g/mol. The molecule has 0 saturated heterocycles. The maximum atomic E-state index is 12.1. The molecule has 0 aliphatic heterocycles. The molecule has 0 saturated carbocycles. The normalized spacial score (nSPS) is 11.5. The Morgan fingerprint density at radius 2 is 1.85 bits per heavy atom. The molecule has 1 amide bonds. The van der Waals surface area contributed by atoms with Crippen LogP contribution < -0.4 is 10.6 Å². The summed E-state index contributed by atoms with van der Waals surface area (Å²) in [6.45, 7) is 0.532. The third kappa shape index (κ3) is 6.21. The van der Waals surface area contributed by atoms with Crippen LogP contribution in [0.15, 0.2) is 69.7 Å². The number of halogens is 1. The molecule has 27 heavy (non-hydrogen) atoms. The number of nitrogens with one attached hydrogen (secondary N) is 2. The fraction of sp³-hybridized carbons (Fsp3) is 0.111. The molecule has 0 heterocycles. The Hall–Kier alpha value is -2.67. The van der Waals surface area contributed by atoms with Crippen LogP contribution in [-0.2, 0) is 21.3 Å². The van der Waals surface area contributed by atoms with E-state index < -0.39 is 16.0 Å². The summed E-state index contributed by atoms with van der Waals surface area (Å²) in [6, 6.07) is 14.5. The molecule has 0 bridgehead atoms. The van der Waals surface area contributed by atoms with E-state index in [-0.39, 0.29) is 10.5 Å². The number of anilines is 1. The van der Waals surface area contributed by atoms with Crippen LogP contribution in [0.25, 0.3) is 0 Å². The Morgan fingerprint density at radius 1 is 1.19 bits per heavy atom. The van der Waals surface area contributed by atoms with Gasteiger partial charge in [-0.3, -0.25) is 9.35 Å². The average molecular weight is 450 g/mol. The number of carbonyl (C=O) groups excluding carboxylic acids is 1. The van der Waals surface area contributed by atoms with Gasteiger partial charge in [-0.15, -0.1) is 0 Å². The summed E-state index contributed by atoms with van der Waals surface area (Å²) in [5.41, 5.74) is 1.27. The van der Waals surface area contributed by atoms with Gasteiger partial charge >= 0.3 is 0 Å². The van der Waals surface area contributed by atoms with Crippen LogP contribution in [0.3, 0.4) is 0 Å². The van der Waals surface area contributed by atoms with Crippen molar-refractivity contribution in [2.45, 2.75) is 11.3 Å². The van der Waals surface area contributed by atoms with E-state index in [1.165, 1.54) is 18.3 Å². The summed E-state index contributed by atoms with van der Waals surface area (Å²) in [5, 5.41) is 14.6. The standard InChI is InChI=1S/C18H16BrN3O4S/c19-17-4-2-1-3-13(17)9-10-21-12-14(11-20)18(23)22-15-5-7-16(8-6-15)27(24,25)26/h1-8,12,21H,9-10H2,(H,22,23)(H,24,25,26)/b14-12-. The van der Waals surface area contributed by atoms with E-state index in [1.54, 1.807) is 0 Å². The molecule has 0 fully saturated rings. The van der Waals surface area contributed by atoms with Crippen molar-refractivity contribution in [3.63, 3.8) is 0 Å². The summed E-state index contributed by atoms with van der Waals surface area (Å²) in [4.78, 5) is 11.8. The van der Waals surface area contributed by atoms with Crippen LogP contribution >= 0.6 is 15.9 Å². The minimum atomic E-state index is -4.30. The zero-order chi connectivity index (χ0) is 19.9. The highest BCUT2D eigenvalue weighted by molar-refractivity contribution is 9.10. The molecule has 2 aromatic rings. The second-order valence-corrected chi connectivity index (χ2v) is 7.69. The molecule has 3 N–H and O–H groups in total. The van der Waals surface area contributed by atoms with Crippen LogP contribution in [0.4, 0.5) is 5.69 Å². The molecule has 140 valence electrons. The minimum Gasteiger partial charge on any atom is -0.389 e. The lowest BCUT2D eigenvalue weighted by Gasteiger charge is -2.07. The molecular weight excluding hydrogens is 434 g/mol. The fourth-order valence-corrected chi connectivity index (χ4v) is 3.10. The second-order valence-electron chi connectivity index (χ2n) is 5.42. The van der Waals surface area contributed by atoms with Gasteiger partial charge < -0.3 is 10.6 Å². The van der Waals surface area contributed by atoms with E-state index in [0.29, 0.717) is 18.7 Å². The maximum Gasteiger partial charge on any atom is 0.294 e. The van der Waals surface area contributed by atoms with E-state index >= 15 is 0 Å². The zero-order valence-corrected chi connectivity index (χ0v) is 16.4. The van der Waals surface area contributed by atoms with Gasteiger partial charge in [0, 0.05) is 22.9 Å². The van der Waals surface area contributed by atoms with Gasteiger partial charge in [-0.1, -0.05) is 34.1 Å². The SMILES string of the molecule is N#C/C(=C/NCCc1ccccc1Br)C(=O)Nc1ccc(S(=O)(=O)O)cc1. The Kier molecular flexibility index (Phi) is 7.12. The first-order valence-electron chi connectivity index (χ1n) is 7.77. The quantitative estimate of drug-likeness (QED) is 0.258. The van der Waals surface area contributed by atoms with Gasteiger partial charge in [-0.25, -0.2) is 0 Å². The highest BCUT2D eigenvalue weighted by Crippen LogP contribution is 2.16. The molecule has 0 spiro atoms. The summed E-state index contributed by atoms with van der Waals surface area (Å²) in [6.07, 6.45) is 2.04. The molecule has 0 radical (unpaired) electrons. The van der Waals surface area contributed by atoms with E-state index in [9.17, 15) is 13.2 Å². The highest BCUT2D eigenvalue weighted by Gasteiger charge is 2.12. The van der Waals surface area contributed by atoms with Gasteiger partial charge in [0.15, 0.2) is 0 Å². The minimum absolute atomic E-state index is 0.124. The van der Waals surface area contributed by atoms with Gasteiger partial charge in [0.2, 0.25) is 0 Å². The topological polar surface area (TPSA) is 119 Å². The van der Waals surface area contributed by atoms with Gasteiger partial charge in [0.1, 0.15) is 11.6 Å². The van der Waals surface area contributed by atoms with E-state index in [4.69, 9.17) is 9.81 Å². The van der Waals surface area contributed by atoms with Gasteiger partial charge in [0.05, 0.1) is 4.90 Å². The van der Waals surface area contributed by atoms with Crippen molar-refractivity contribution < 1.29 is 17.8 Å². The first-order valence-corrected chi connectivity index (χ1v) is 10.0. The second kappa shape index (κ2) is 9.32. The van der Waals surface area contributed by atoms with Crippen molar-refractivity contribution >= 4 is 37.6 Å². The first-order chi connectivity index (χ1) is 12.8. The van der Waals surface area contributed by atoms with E-state index in [2.05, 4.69) is 26.6 Å². The molecule has 0 aliphatic carbocycles. The molecule has 9 heteroatoms. The molecule has 0 atom stereocenters. The van der Waals surface area contributed by atoms with Crippen LogP contribution in [0.2, 0.25) is 0 Å². The molecule has 2 aromatic carbocycles. The Bertz CT molecular complexity index is 996. The van der Waals surface area contributed by atoms with Crippen molar-refractivity contribution in [1.29, 1.82) is 5.26 Å². The molecule has 0 unspecified atom stereocenters. The number of hydrogen-bond acceptors (Lipinski definition) is 5. The molecular formula is C18H16BrN3O4S. The van der Waals surface area contributed by atoms with E-state index in [1.807, 2.05) is 30.3 Å². The van der Waals surface area contributed by atoms with Gasteiger partial charge in [-0.2, -0.15) is 13.7 Å². The van der Waals surface area contributed by atoms with Crippen molar-refractivity contribution in [3.05, 3.63) is 70.3 Å². The fourth-order valence-electron chi connectivity index (χ4n) is 2.14. The van der Waals surface area contributed by atoms with Crippen LogP contribution in [0.1, 0.15) is 5.56 Å². The summed E-state index contributed by atoms with van der Waals surface area (Å²) < 4.78 is 31.9. The zero-order valence-electron chi connectivity index (χ0n) is 14.0. The largest absolute Gasteiger partial charge is 0.389 e. The van der Waals surface area contributed by atoms with Crippen LogP contribution in [0.5, 0.6) is 0 Å². The Morgan fingerprint density at radius 3 is 2.44 bits per heavy atom. The third-order valence-corrected chi connectivity index (χ3v) is 5.16. The predicted molar refractivity (Wildman–Crippen MR) is 104 cm³/mol. The summed E-state index contributed by atoms with van der Waals surface area (Å²) in [5.74, 6) is -0.634. The molecule has 2 rings (SSSR count). The number of hydrogen-bond donors (Lipinski definition) is 3. The molecule has 7 nitrogen and oxygen atoms in total. The summed E-state index contributed by atoms with van der Waals surface area (Å²) in [7, 11) is -4.30. The van der Waals surface area contributed by atoms with Gasteiger partial charge in [-0.05, 0) is 42.3 Å². The number of nitriles is 1. The smallest absolute Gasteiger partial charge is 0.294 e. The van der Waals surface area contributed by atoms with E-state index in [0.717, 1.165) is 22.2 Å². The Labute approximate surface area is 165 Å². The highest BCUT2D eigenvalue weighted by atomic mass is 79.9. The van der Waals surface area contributed by atoms with Crippen molar-refractivity contribution in [1.82, 2.24) is 5.32 Å². The third-order valence-electron chi connectivity index (χ3n) is 3.52. The maximum absolute atomic E-state index is 12.1. The van der Waals surface area contributed by atoms with Crippen molar-refractivity contribution in [2.24, 2.45) is 0 Å². The van der Waals surface area contributed by atoms with Crippen LogP contribution in [0, 0.1) is 11.3 Å². The van der Waals surface area contributed by atoms with Crippen LogP contribution in [-0.4, -0.2) is 25.4 Å². The average Bonchev–Trinajstić information content (AvgIpc) is 2.62. The Balaban J connectivity index is 1.94. The lowest BCUT2D eigenvalue weighted by Crippen LogP contribution is -2.18. The number of rotatable bonds is 7. The number of amides is 1. The van der Waals surface area contributed by atoms with Crippen molar-refractivity contribution in [2.75, 3.05) is 11.9 Å². The molecule has 0 aromatic heterocycles. The number of carbonyl (C=O) groups is 1. The van der Waals surface area contributed by atoms with Crippen molar-refractivity contribution in [3.8, 4) is 6.07 Å². The van der Waals surface area contributed by atoms with Gasteiger partial charge in [0.25, 0.3) is 16.0 Å².